The fraction of sp³-hybridized carbons (Fsp3) is 0.158. The van der Waals surface area contributed by atoms with E-state index in [4.69, 9.17) is 0 Å². The third-order valence-corrected chi connectivity index (χ3v) is 4.61. The van der Waals surface area contributed by atoms with Gasteiger partial charge in [0, 0.05) is 45.8 Å². The molecule has 0 bridgehead atoms. The number of carbonyl (C=O) groups excluding carboxylic acids is 2. The lowest BCUT2D eigenvalue weighted by Crippen LogP contribution is -2.14. The summed E-state index contributed by atoms with van der Waals surface area (Å²) in [6, 6.07) is 15.0. The van der Waals surface area contributed by atoms with Crippen LogP contribution in [0.3, 0.4) is 0 Å². The zero-order valence-electron chi connectivity index (χ0n) is 13.3. The predicted octanol–water partition coefficient (Wildman–Crippen LogP) is 4.64. The van der Waals surface area contributed by atoms with Crippen molar-refractivity contribution in [3.63, 3.8) is 0 Å². The maximum absolute atomic E-state index is 12.1. The molecule has 0 spiro atoms. The van der Waals surface area contributed by atoms with Crippen molar-refractivity contribution >= 4 is 44.2 Å². The van der Waals surface area contributed by atoms with E-state index in [-0.39, 0.29) is 11.7 Å². The minimum atomic E-state index is -0.0533. The molecule has 0 unspecified atom stereocenters. The van der Waals surface area contributed by atoms with Crippen molar-refractivity contribution in [3.8, 4) is 0 Å². The minimum absolute atomic E-state index is 0.0125. The molecule has 1 amide bonds. The number of nitrogens with one attached hydrogen (secondary N) is 1. The number of anilines is 1. The highest BCUT2D eigenvalue weighted by Crippen LogP contribution is 2.24. The van der Waals surface area contributed by atoms with Gasteiger partial charge in [-0.05, 0) is 49.4 Å². The molecule has 0 aliphatic rings. The molecule has 0 radical (unpaired) electrons. The average Bonchev–Trinajstić information content (AvgIpc) is 2.98. The van der Waals surface area contributed by atoms with E-state index >= 15 is 0 Å². The number of benzene rings is 2. The molecule has 1 N–H and O–H groups in total. The first-order valence-corrected chi connectivity index (χ1v) is 8.48. The van der Waals surface area contributed by atoms with E-state index in [1.807, 2.05) is 30.5 Å². The van der Waals surface area contributed by atoms with Gasteiger partial charge in [0.05, 0.1) is 0 Å². The van der Waals surface area contributed by atoms with E-state index in [9.17, 15) is 9.59 Å². The number of nitrogens with zero attached hydrogens (tertiary/aromatic N) is 1. The zero-order chi connectivity index (χ0) is 17.1. The van der Waals surface area contributed by atoms with Crippen LogP contribution in [0.4, 0.5) is 5.69 Å². The molecule has 0 saturated carbocycles. The lowest BCUT2D eigenvalue weighted by atomic mass is 10.1. The number of aryl methyl sites for hydroxylation is 1. The molecule has 0 aliphatic heterocycles. The zero-order valence-corrected chi connectivity index (χ0v) is 14.8. The molecular weight excluding hydrogens is 368 g/mol. The number of hydrogen-bond donors (Lipinski definition) is 1. The topological polar surface area (TPSA) is 51.1 Å². The summed E-state index contributed by atoms with van der Waals surface area (Å²) < 4.78 is 3.12. The Morgan fingerprint density at radius 2 is 1.83 bits per heavy atom. The highest BCUT2D eigenvalue weighted by molar-refractivity contribution is 9.10. The van der Waals surface area contributed by atoms with Gasteiger partial charge >= 0.3 is 0 Å². The smallest absolute Gasteiger partial charge is 0.226 e. The average molecular weight is 385 g/mol. The van der Waals surface area contributed by atoms with Gasteiger partial charge in [-0.3, -0.25) is 9.59 Å². The number of fused-ring (bicyclic) bond motifs is 1. The van der Waals surface area contributed by atoms with Gasteiger partial charge in [0.25, 0.3) is 0 Å². The SMILES string of the molecule is CC(=O)c1ccc(NC(=O)CCn2ccc3c(Br)cccc32)cc1. The van der Waals surface area contributed by atoms with Gasteiger partial charge in [-0.15, -0.1) is 0 Å². The Balaban J connectivity index is 1.62. The lowest BCUT2D eigenvalue weighted by molar-refractivity contribution is -0.116. The van der Waals surface area contributed by atoms with Crippen LogP contribution in [0, 0.1) is 0 Å². The molecule has 0 aliphatic carbocycles. The summed E-state index contributed by atoms with van der Waals surface area (Å²) in [5.74, 6) is -0.0408. The van der Waals surface area contributed by atoms with Gasteiger partial charge in [0.15, 0.2) is 5.78 Å². The lowest BCUT2D eigenvalue weighted by Gasteiger charge is -2.08. The molecule has 0 saturated heterocycles. The Bertz CT molecular complexity index is 897. The second-order valence-corrected chi connectivity index (χ2v) is 6.47. The number of amides is 1. The predicted molar refractivity (Wildman–Crippen MR) is 99.3 cm³/mol. The minimum Gasteiger partial charge on any atom is -0.347 e. The second-order valence-electron chi connectivity index (χ2n) is 5.61. The van der Waals surface area contributed by atoms with E-state index in [0.29, 0.717) is 24.2 Å². The van der Waals surface area contributed by atoms with Crippen molar-refractivity contribution in [3.05, 3.63) is 64.8 Å². The van der Waals surface area contributed by atoms with Crippen molar-refractivity contribution < 1.29 is 9.59 Å². The van der Waals surface area contributed by atoms with Crippen LogP contribution in [0.1, 0.15) is 23.7 Å². The van der Waals surface area contributed by atoms with Crippen LogP contribution in [-0.2, 0) is 11.3 Å². The molecule has 0 atom stereocenters. The molecule has 122 valence electrons. The van der Waals surface area contributed by atoms with Crippen LogP contribution < -0.4 is 5.32 Å². The Kier molecular flexibility index (Phi) is 4.81. The number of halogens is 1. The summed E-state index contributed by atoms with van der Waals surface area (Å²) in [5, 5.41) is 3.99. The normalized spacial score (nSPS) is 10.8. The number of rotatable bonds is 5. The van der Waals surface area contributed by atoms with Gasteiger partial charge in [-0.25, -0.2) is 0 Å². The van der Waals surface area contributed by atoms with Crippen molar-refractivity contribution in [2.45, 2.75) is 19.9 Å². The summed E-state index contributed by atoms with van der Waals surface area (Å²) in [6.07, 6.45) is 2.37. The van der Waals surface area contributed by atoms with Gasteiger partial charge < -0.3 is 9.88 Å². The van der Waals surface area contributed by atoms with Crippen molar-refractivity contribution in [1.29, 1.82) is 0 Å². The van der Waals surface area contributed by atoms with E-state index in [1.54, 1.807) is 24.3 Å². The van der Waals surface area contributed by atoms with Crippen molar-refractivity contribution in [2.24, 2.45) is 0 Å². The number of aromatic nitrogens is 1. The summed E-state index contributed by atoms with van der Waals surface area (Å²) in [6.45, 7) is 2.13. The molecule has 3 rings (SSSR count). The summed E-state index contributed by atoms with van der Waals surface area (Å²) in [5.41, 5.74) is 2.44. The summed E-state index contributed by atoms with van der Waals surface area (Å²) in [7, 11) is 0. The van der Waals surface area contributed by atoms with Gasteiger partial charge in [0.2, 0.25) is 5.91 Å². The third kappa shape index (κ3) is 3.57. The molecule has 5 heteroatoms. The third-order valence-electron chi connectivity index (χ3n) is 3.92. The van der Waals surface area contributed by atoms with E-state index in [0.717, 1.165) is 15.4 Å². The first kappa shape index (κ1) is 16.5. The maximum atomic E-state index is 12.1. The molecule has 1 heterocycles. The number of carbonyl (C=O) groups is 2. The standard InChI is InChI=1S/C19H17BrN2O2/c1-13(23)14-5-7-15(8-6-14)21-19(24)10-12-22-11-9-16-17(20)3-2-4-18(16)22/h2-9,11H,10,12H2,1H3,(H,21,24). The van der Waals surface area contributed by atoms with Crippen LogP contribution in [0.15, 0.2) is 59.2 Å². The Morgan fingerprint density at radius 3 is 2.54 bits per heavy atom. The Labute approximate surface area is 148 Å². The first-order chi connectivity index (χ1) is 11.5. The molecular formula is C19H17BrN2O2. The Morgan fingerprint density at radius 1 is 1.08 bits per heavy atom. The summed E-state index contributed by atoms with van der Waals surface area (Å²) >= 11 is 3.53. The van der Waals surface area contributed by atoms with Crippen LogP contribution >= 0.6 is 15.9 Å². The van der Waals surface area contributed by atoms with E-state index in [2.05, 4.69) is 25.8 Å². The number of Topliss-reactive ketones (excluding diaryl/α,β-unsaturated/α-hetero) is 1. The monoisotopic (exact) mass is 384 g/mol. The first-order valence-electron chi connectivity index (χ1n) is 7.69. The largest absolute Gasteiger partial charge is 0.347 e. The van der Waals surface area contributed by atoms with Crippen molar-refractivity contribution in [2.75, 3.05) is 5.32 Å². The maximum Gasteiger partial charge on any atom is 0.226 e. The van der Waals surface area contributed by atoms with Gasteiger partial charge in [-0.2, -0.15) is 0 Å². The second kappa shape index (κ2) is 7.01. The number of ketones is 1. The molecule has 4 nitrogen and oxygen atoms in total. The van der Waals surface area contributed by atoms with Crippen LogP contribution in [0.2, 0.25) is 0 Å². The molecule has 2 aromatic carbocycles. The number of hydrogen-bond acceptors (Lipinski definition) is 2. The van der Waals surface area contributed by atoms with E-state index in [1.165, 1.54) is 6.92 Å². The van der Waals surface area contributed by atoms with Crippen LogP contribution in [-0.4, -0.2) is 16.3 Å². The van der Waals surface area contributed by atoms with Crippen LogP contribution in [0.5, 0.6) is 0 Å². The molecule has 24 heavy (non-hydrogen) atoms. The fourth-order valence-corrected chi connectivity index (χ4v) is 3.10. The van der Waals surface area contributed by atoms with Crippen LogP contribution in [0.25, 0.3) is 10.9 Å². The van der Waals surface area contributed by atoms with E-state index < -0.39 is 0 Å². The molecule has 0 fully saturated rings. The molecule has 3 aromatic rings. The highest BCUT2D eigenvalue weighted by Gasteiger charge is 2.07. The van der Waals surface area contributed by atoms with Crippen molar-refractivity contribution in [1.82, 2.24) is 4.57 Å². The quantitative estimate of drug-likeness (QED) is 0.651. The van der Waals surface area contributed by atoms with Gasteiger partial charge in [0.1, 0.15) is 0 Å². The summed E-state index contributed by atoms with van der Waals surface area (Å²) in [4.78, 5) is 23.4. The van der Waals surface area contributed by atoms with Gasteiger partial charge in [-0.1, -0.05) is 22.0 Å². The fourth-order valence-electron chi connectivity index (χ4n) is 2.61. The molecule has 1 aromatic heterocycles. The highest BCUT2D eigenvalue weighted by atomic mass is 79.9. The Hall–Kier alpha value is -2.40.